The van der Waals surface area contributed by atoms with Crippen LogP contribution in [0.3, 0.4) is 0 Å². The molecule has 0 fully saturated rings. The fraction of sp³-hybridized carbons (Fsp3) is 0.923. The van der Waals surface area contributed by atoms with Crippen molar-refractivity contribution in [2.45, 2.75) is 45.6 Å². The molecule has 1 N–H and O–H groups in total. The van der Waals surface area contributed by atoms with E-state index < -0.39 is 0 Å². The van der Waals surface area contributed by atoms with E-state index in [1.54, 1.807) is 7.05 Å². The van der Waals surface area contributed by atoms with Gasteiger partial charge in [-0.1, -0.05) is 19.8 Å². The summed E-state index contributed by atoms with van der Waals surface area (Å²) in [6.07, 6.45) is 4.56. The van der Waals surface area contributed by atoms with Crippen molar-refractivity contribution in [2.24, 2.45) is 0 Å². The van der Waals surface area contributed by atoms with E-state index >= 15 is 0 Å². The Morgan fingerprint density at radius 1 is 1.29 bits per heavy atom. The Balaban J connectivity index is 3.77. The second-order valence-electron chi connectivity index (χ2n) is 4.39. The molecule has 0 aliphatic heterocycles. The molecule has 102 valence electrons. The largest absolute Gasteiger partial charge is 0.465 e. The molecule has 0 spiro atoms. The molecule has 0 aliphatic rings. The number of unbranched alkanes of at least 4 members (excludes halogenated alkanes) is 2. The van der Waals surface area contributed by atoms with Gasteiger partial charge in [0.1, 0.15) is 6.04 Å². The molecule has 17 heavy (non-hydrogen) atoms. The van der Waals surface area contributed by atoms with Gasteiger partial charge < -0.3 is 15.0 Å². The maximum atomic E-state index is 11.5. The summed E-state index contributed by atoms with van der Waals surface area (Å²) in [4.78, 5) is 13.8. The monoisotopic (exact) mass is 244 g/mol. The van der Waals surface area contributed by atoms with Crippen molar-refractivity contribution in [1.29, 1.82) is 0 Å². The Hall–Kier alpha value is -0.610. The van der Waals surface area contributed by atoms with Crippen molar-refractivity contribution >= 4 is 5.97 Å². The second-order valence-corrected chi connectivity index (χ2v) is 4.39. The molecule has 0 saturated heterocycles. The molecule has 4 heteroatoms. The van der Waals surface area contributed by atoms with E-state index in [1.165, 1.54) is 19.3 Å². The average Bonchev–Trinajstić information content (AvgIpc) is 2.30. The summed E-state index contributed by atoms with van der Waals surface area (Å²) in [5.41, 5.74) is 0. The minimum atomic E-state index is -0.177. The Morgan fingerprint density at radius 2 is 2.00 bits per heavy atom. The van der Waals surface area contributed by atoms with E-state index in [2.05, 4.69) is 24.2 Å². The van der Waals surface area contributed by atoms with Crippen LogP contribution < -0.4 is 5.32 Å². The molecule has 0 radical (unpaired) electrons. The van der Waals surface area contributed by atoms with Crippen molar-refractivity contribution in [1.82, 2.24) is 10.2 Å². The Morgan fingerprint density at radius 3 is 2.53 bits per heavy atom. The zero-order chi connectivity index (χ0) is 13.1. The minimum Gasteiger partial charge on any atom is -0.465 e. The molecule has 0 rings (SSSR count). The predicted octanol–water partition coefficient (Wildman–Crippen LogP) is 1.65. The van der Waals surface area contributed by atoms with Crippen LogP contribution in [-0.2, 0) is 9.53 Å². The summed E-state index contributed by atoms with van der Waals surface area (Å²) in [6, 6.07) is -0.177. The lowest BCUT2D eigenvalue weighted by Crippen LogP contribution is -2.38. The van der Waals surface area contributed by atoms with Gasteiger partial charge in [-0.25, -0.2) is 0 Å². The molecule has 1 unspecified atom stereocenters. The van der Waals surface area contributed by atoms with Gasteiger partial charge in [-0.15, -0.1) is 0 Å². The third-order valence-electron chi connectivity index (χ3n) is 2.86. The van der Waals surface area contributed by atoms with Crippen molar-refractivity contribution in [2.75, 3.05) is 33.8 Å². The maximum absolute atomic E-state index is 11.5. The van der Waals surface area contributed by atoms with Gasteiger partial charge in [0, 0.05) is 0 Å². The SMILES string of the molecule is CCCCCN(C)CCC(NC)C(=O)OCC. The first-order valence-electron chi connectivity index (χ1n) is 6.68. The van der Waals surface area contributed by atoms with Gasteiger partial charge in [-0.2, -0.15) is 0 Å². The van der Waals surface area contributed by atoms with Crippen LogP contribution in [0.1, 0.15) is 39.5 Å². The third-order valence-corrected chi connectivity index (χ3v) is 2.86. The number of esters is 1. The van der Waals surface area contributed by atoms with E-state index in [0.717, 1.165) is 19.5 Å². The predicted molar refractivity (Wildman–Crippen MR) is 71.1 cm³/mol. The minimum absolute atomic E-state index is 0.142. The number of ether oxygens (including phenoxy) is 1. The first-order chi connectivity index (χ1) is 8.15. The lowest BCUT2D eigenvalue weighted by atomic mass is 10.2. The average molecular weight is 244 g/mol. The Bertz CT molecular complexity index is 198. The number of carbonyl (C=O) groups excluding carboxylic acids is 1. The van der Waals surface area contributed by atoms with Crippen LogP contribution in [0, 0.1) is 0 Å². The number of carbonyl (C=O) groups is 1. The molecule has 0 heterocycles. The highest BCUT2D eigenvalue weighted by Gasteiger charge is 2.17. The smallest absolute Gasteiger partial charge is 0.323 e. The molecular weight excluding hydrogens is 216 g/mol. The zero-order valence-electron chi connectivity index (χ0n) is 11.8. The highest BCUT2D eigenvalue weighted by atomic mass is 16.5. The van der Waals surface area contributed by atoms with Crippen molar-refractivity contribution in [3.63, 3.8) is 0 Å². The van der Waals surface area contributed by atoms with Crippen molar-refractivity contribution in [3.8, 4) is 0 Å². The summed E-state index contributed by atoms with van der Waals surface area (Å²) in [5, 5.41) is 3.01. The molecule has 0 bridgehead atoms. The van der Waals surface area contributed by atoms with Gasteiger partial charge in [-0.05, 0) is 47.0 Å². The molecule has 0 aliphatic carbocycles. The number of nitrogens with zero attached hydrogens (tertiary/aromatic N) is 1. The van der Waals surface area contributed by atoms with Gasteiger partial charge in [0.2, 0.25) is 0 Å². The summed E-state index contributed by atoms with van der Waals surface area (Å²) < 4.78 is 5.01. The first kappa shape index (κ1) is 16.4. The third kappa shape index (κ3) is 8.16. The normalized spacial score (nSPS) is 12.8. The van der Waals surface area contributed by atoms with Crippen LogP contribution in [0.25, 0.3) is 0 Å². The Kier molecular flexibility index (Phi) is 10.2. The van der Waals surface area contributed by atoms with Crippen LogP contribution in [0.15, 0.2) is 0 Å². The molecule has 0 aromatic heterocycles. The molecule has 0 amide bonds. The van der Waals surface area contributed by atoms with Gasteiger partial charge in [0.25, 0.3) is 0 Å². The van der Waals surface area contributed by atoms with E-state index in [9.17, 15) is 4.79 Å². The first-order valence-corrected chi connectivity index (χ1v) is 6.68. The topological polar surface area (TPSA) is 41.6 Å². The molecule has 0 saturated carbocycles. The van der Waals surface area contributed by atoms with Crippen LogP contribution in [0.2, 0.25) is 0 Å². The summed E-state index contributed by atoms with van der Waals surface area (Å²) in [5.74, 6) is -0.142. The fourth-order valence-corrected chi connectivity index (χ4v) is 1.72. The summed E-state index contributed by atoms with van der Waals surface area (Å²) in [7, 11) is 3.91. The summed E-state index contributed by atoms with van der Waals surface area (Å²) >= 11 is 0. The quantitative estimate of drug-likeness (QED) is 0.469. The highest BCUT2D eigenvalue weighted by molar-refractivity contribution is 5.75. The number of nitrogens with one attached hydrogen (secondary N) is 1. The number of hydrogen-bond acceptors (Lipinski definition) is 4. The van der Waals surface area contributed by atoms with Crippen LogP contribution in [0.4, 0.5) is 0 Å². The maximum Gasteiger partial charge on any atom is 0.323 e. The van der Waals surface area contributed by atoms with Crippen LogP contribution in [0.5, 0.6) is 0 Å². The zero-order valence-corrected chi connectivity index (χ0v) is 11.8. The van der Waals surface area contributed by atoms with Gasteiger partial charge in [0.05, 0.1) is 6.61 Å². The van der Waals surface area contributed by atoms with E-state index in [-0.39, 0.29) is 12.0 Å². The van der Waals surface area contributed by atoms with Gasteiger partial charge in [-0.3, -0.25) is 4.79 Å². The van der Waals surface area contributed by atoms with Gasteiger partial charge >= 0.3 is 5.97 Å². The lowest BCUT2D eigenvalue weighted by molar-refractivity contribution is -0.145. The van der Waals surface area contributed by atoms with Crippen LogP contribution in [-0.4, -0.2) is 50.7 Å². The fourth-order valence-electron chi connectivity index (χ4n) is 1.72. The van der Waals surface area contributed by atoms with Gasteiger partial charge in [0.15, 0.2) is 0 Å². The standard InChI is InChI=1S/C13H28N2O2/c1-5-7-8-10-15(4)11-9-12(14-3)13(16)17-6-2/h12,14H,5-11H2,1-4H3. The van der Waals surface area contributed by atoms with E-state index in [0.29, 0.717) is 6.61 Å². The molecule has 0 aromatic carbocycles. The number of hydrogen-bond donors (Lipinski definition) is 1. The lowest BCUT2D eigenvalue weighted by Gasteiger charge is -2.20. The highest BCUT2D eigenvalue weighted by Crippen LogP contribution is 2.00. The molecule has 0 aromatic rings. The summed E-state index contributed by atoms with van der Waals surface area (Å²) in [6.45, 7) is 6.52. The van der Waals surface area contributed by atoms with Crippen molar-refractivity contribution < 1.29 is 9.53 Å². The molecule has 1 atom stereocenters. The molecule has 4 nitrogen and oxygen atoms in total. The van der Waals surface area contributed by atoms with Crippen LogP contribution >= 0.6 is 0 Å². The number of rotatable bonds is 10. The Labute approximate surface area is 106 Å². The molecular formula is C13H28N2O2. The van der Waals surface area contributed by atoms with E-state index in [4.69, 9.17) is 4.74 Å². The number of likely N-dealkylation sites (N-methyl/N-ethyl adjacent to an activating group) is 1. The van der Waals surface area contributed by atoms with E-state index in [1.807, 2.05) is 6.92 Å². The second kappa shape index (κ2) is 10.5. The van der Waals surface area contributed by atoms with Crippen molar-refractivity contribution in [3.05, 3.63) is 0 Å².